The molecule has 6 heteroatoms. The quantitative estimate of drug-likeness (QED) is 0.835. The standard InChI is InChI=1S/C15H18ClN3O2/c1-15(2)9-10(6-8-21-15)17-14(20)13-18-12(16)11-5-3-4-7-19(11)13/h3-5,7,10H,6,8-9H2,1-2H3,(H,17,20)/p+1. The number of pyridine rings is 1. The highest BCUT2D eigenvalue weighted by Gasteiger charge is 2.32. The third-order valence-corrected chi connectivity index (χ3v) is 4.09. The molecule has 2 aromatic heterocycles. The Morgan fingerprint density at radius 1 is 1.52 bits per heavy atom. The van der Waals surface area contributed by atoms with Gasteiger partial charge in [-0.3, -0.25) is 4.79 Å². The molecule has 1 saturated heterocycles. The Bertz CT molecular complexity index is 681. The van der Waals surface area contributed by atoms with Crippen LogP contribution in [-0.2, 0) is 4.74 Å². The summed E-state index contributed by atoms with van der Waals surface area (Å²) in [4.78, 5) is 15.4. The van der Waals surface area contributed by atoms with Crippen LogP contribution < -0.4 is 9.72 Å². The zero-order valence-corrected chi connectivity index (χ0v) is 12.9. The zero-order valence-electron chi connectivity index (χ0n) is 12.1. The van der Waals surface area contributed by atoms with E-state index in [4.69, 9.17) is 16.3 Å². The number of aromatic amines is 1. The van der Waals surface area contributed by atoms with E-state index in [1.54, 1.807) is 4.40 Å². The van der Waals surface area contributed by atoms with Gasteiger partial charge in [0.1, 0.15) is 0 Å². The van der Waals surface area contributed by atoms with E-state index in [1.807, 2.05) is 38.2 Å². The lowest BCUT2D eigenvalue weighted by molar-refractivity contribution is -0.514. The summed E-state index contributed by atoms with van der Waals surface area (Å²) in [5, 5.41) is 3.53. The molecule has 2 aromatic rings. The maximum absolute atomic E-state index is 12.5. The average molecular weight is 309 g/mol. The van der Waals surface area contributed by atoms with E-state index in [0.29, 0.717) is 17.6 Å². The van der Waals surface area contributed by atoms with Gasteiger partial charge >= 0.3 is 11.7 Å². The number of fused-ring (bicyclic) bond motifs is 1. The lowest BCUT2D eigenvalue weighted by Crippen LogP contribution is -2.47. The first kappa shape index (κ1) is 14.4. The highest BCUT2D eigenvalue weighted by molar-refractivity contribution is 6.32. The fraction of sp³-hybridized carbons (Fsp3) is 0.467. The molecular weight excluding hydrogens is 290 g/mol. The van der Waals surface area contributed by atoms with Crippen molar-refractivity contribution >= 4 is 23.0 Å². The Morgan fingerprint density at radius 3 is 3.10 bits per heavy atom. The number of halogens is 1. The SMILES string of the molecule is CC1(C)CC(NC(=O)c2[nH]c(Cl)c3cccc[n+]23)CCO1. The van der Waals surface area contributed by atoms with Gasteiger partial charge in [-0.25, -0.2) is 4.98 Å². The van der Waals surface area contributed by atoms with Crippen LogP contribution in [0.3, 0.4) is 0 Å². The number of amides is 1. The van der Waals surface area contributed by atoms with Crippen LogP contribution in [0.25, 0.3) is 5.52 Å². The molecule has 1 amide bonds. The topological polar surface area (TPSA) is 58.2 Å². The molecule has 1 aliphatic rings. The van der Waals surface area contributed by atoms with Crippen molar-refractivity contribution in [1.29, 1.82) is 0 Å². The van der Waals surface area contributed by atoms with Gasteiger partial charge in [0.05, 0.1) is 11.8 Å². The Labute approximate surface area is 128 Å². The van der Waals surface area contributed by atoms with Gasteiger partial charge in [0.2, 0.25) is 5.15 Å². The summed E-state index contributed by atoms with van der Waals surface area (Å²) in [7, 11) is 0. The minimum absolute atomic E-state index is 0.114. The Morgan fingerprint density at radius 2 is 2.33 bits per heavy atom. The van der Waals surface area contributed by atoms with E-state index in [9.17, 15) is 4.79 Å². The van der Waals surface area contributed by atoms with Crippen LogP contribution in [0, 0.1) is 0 Å². The Hall–Kier alpha value is -1.59. The van der Waals surface area contributed by atoms with Crippen LogP contribution >= 0.6 is 11.6 Å². The second-order valence-corrected chi connectivity index (χ2v) is 6.39. The molecule has 1 aliphatic heterocycles. The number of hydrogen-bond acceptors (Lipinski definition) is 2. The van der Waals surface area contributed by atoms with Crippen molar-refractivity contribution in [2.75, 3.05) is 6.61 Å². The van der Waals surface area contributed by atoms with E-state index < -0.39 is 0 Å². The summed E-state index contributed by atoms with van der Waals surface area (Å²) in [6, 6.07) is 5.74. The van der Waals surface area contributed by atoms with Gasteiger partial charge in [0, 0.05) is 12.6 Å². The van der Waals surface area contributed by atoms with E-state index >= 15 is 0 Å². The fourth-order valence-corrected chi connectivity index (χ4v) is 3.06. The molecule has 0 aromatic carbocycles. The van der Waals surface area contributed by atoms with Crippen molar-refractivity contribution in [3.8, 4) is 0 Å². The first-order valence-corrected chi connectivity index (χ1v) is 7.47. The van der Waals surface area contributed by atoms with Crippen LogP contribution in [0.2, 0.25) is 5.15 Å². The second kappa shape index (κ2) is 5.31. The molecule has 21 heavy (non-hydrogen) atoms. The summed E-state index contributed by atoms with van der Waals surface area (Å²) in [5.74, 6) is 0.297. The highest BCUT2D eigenvalue weighted by atomic mass is 35.5. The summed E-state index contributed by atoms with van der Waals surface area (Å²) in [5.41, 5.74) is 0.593. The van der Waals surface area contributed by atoms with Crippen LogP contribution in [-0.4, -0.2) is 29.1 Å². The third-order valence-electron chi connectivity index (χ3n) is 3.80. The van der Waals surface area contributed by atoms with Crippen LogP contribution in [0.5, 0.6) is 0 Å². The molecule has 0 bridgehead atoms. The van der Waals surface area contributed by atoms with Crippen molar-refractivity contribution in [3.05, 3.63) is 35.4 Å². The molecule has 112 valence electrons. The number of carbonyl (C=O) groups is 1. The number of H-pyrrole nitrogens is 1. The number of aromatic nitrogens is 2. The van der Waals surface area contributed by atoms with Crippen LogP contribution in [0.1, 0.15) is 37.3 Å². The normalized spacial score (nSPS) is 21.4. The van der Waals surface area contributed by atoms with E-state index in [1.165, 1.54) is 0 Å². The summed E-state index contributed by atoms with van der Waals surface area (Å²) < 4.78 is 7.44. The van der Waals surface area contributed by atoms with Gasteiger partial charge < -0.3 is 10.1 Å². The van der Waals surface area contributed by atoms with Crippen LogP contribution in [0.15, 0.2) is 24.4 Å². The Balaban J connectivity index is 1.81. The molecule has 0 aliphatic carbocycles. The molecule has 0 saturated carbocycles. The van der Waals surface area contributed by atoms with Gasteiger partial charge in [-0.2, -0.15) is 4.40 Å². The lowest BCUT2D eigenvalue weighted by Gasteiger charge is -2.35. The molecule has 3 rings (SSSR count). The zero-order chi connectivity index (χ0) is 15.0. The maximum Gasteiger partial charge on any atom is 0.352 e. The van der Waals surface area contributed by atoms with Crippen molar-refractivity contribution in [1.82, 2.24) is 10.3 Å². The number of nitrogens with one attached hydrogen (secondary N) is 2. The molecule has 1 unspecified atom stereocenters. The minimum Gasteiger partial charge on any atom is -0.375 e. The molecular formula is C15H19ClN3O2+. The predicted octanol–water partition coefficient (Wildman–Crippen LogP) is 2.09. The number of nitrogens with zero attached hydrogens (tertiary/aromatic N) is 1. The predicted molar refractivity (Wildman–Crippen MR) is 79.5 cm³/mol. The van der Waals surface area contributed by atoms with Gasteiger partial charge in [-0.1, -0.05) is 6.07 Å². The largest absolute Gasteiger partial charge is 0.375 e. The smallest absolute Gasteiger partial charge is 0.352 e. The number of hydrogen-bond donors (Lipinski definition) is 2. The van der Waals surface area contributed by atoms with Gasteiger partial charge in [0.25, 0.3) is 0 Å². The van der Waals surface area contributed by atoms with Crippen molar-refractivity contribution in [2.45, 2.75) is 38.3 Å². The van der Waals surface area contributed by atoms with Gasteiger partial charge in [-0.05, 0) is 50.4 Å². The summed E-state index contributed by atoms with van der Waals surface area (Å²) in [6.07, 6.45) is 3.45. The summed E-state index contributed by atoms with van der Waals surface area (Å²) in [6.45, 7) is 4.75. The number of carbonyl (C=O) groups excluding carboxylic acids is 1. The molecule has 1 atom stereocenters. The van der Waals surface area contributed by atoms with Crippen molar-refractivity contribution in [3.63, 3.8) is 0 Å². The van der Waals surface area contributed by atoms with E-state index in [-0.39, 0.29) is 17.6 Å². The number of rotatable bonds is 2. The summed E-state index contributed by atoms with van der Waals surface area (Å²) >= 11 is 6.13. The third kappa shape index (κ3) is 2.89. The molecule has 5 nitrogen and oxygen atoms in total. The van der Waals surface area contributed by atoms with Gasteiger partial charge in [-0.15, -0.1) is 0 Å². The number of ether oxygens (including phenoxy) is 1. The van der Waals surface area contributed by atoms with E-state index in [0.717, 1.165) is 18.4 Å². The molecule has 3 heterocycles. The first-order chi connectivity index (χ1) is 9.96. The number of imidazole rings is 1. The highest BCUT2D eigenvalue weighted by Crippen LogP contribution is 2.24. The monoisotopic (exact) mass is 308 g/mol. The Kier molecular flexibility index (Phi) is 3.63. The molecule has 2 N–H and O–H groups in total. The minimum atomic E-state index is -0.196. The van der Waals surface area contributed by atoms with Crippen molar-refractivity contribution < 1.29 is 13.9 Å². The van der Waals surface area contributed by atoms with Crippen LogP contribution in [0.4, 0.5) is 0 Å². The fourth-order valence-electron chi connectivity index (χ4n) is 2.82. The van der Waals surface area contributed by atoms with Crippen molar-refractivity contribution in [2.24, 2.45) is 0 Å². The lowest BCUT2D eigenvalue weighted by atomic mass is 9.94. The second-order valence-electron chi connectivity index (χ2n) is 6.01. The maximum atomic E-state index is 12.5. The van der Waals surface area contributed by atoms with Gasteiger partial charge in [0.15, 0.2) is 5.52 Å². The van der Waals surface area contributed by atoms with E-state index in [2.05, 4.69) is 10.3 Å². The molecule has 1 fully saturated rings. The average Bonchev–Trinajstić information content (AvgIpc) is 2.76. The molecule has 0 radical (unpaired) electrons. The first-order valence-electron chi connectivity index (χ1n) is 7.09. The molecule has 0 spiro atoms.